The van der Waals surface area contributed by atoms with E-state index in [1.165, 1.54) is 0 Å². The van der Waals surface area contributed by atoms with Gasteiger partial charge < -0.3 is 0 Å². The Hall–Kier alpha value is -0.830. The first-order valence-corrected chi connectivity index (χ1v) is 3.87. The molecule has 0 bridgehead atoms. The number of rotatable bonds is 2. The summed E-state index contributed by atoms with van der Waals surface area (Å²) in [6.07, 6.45) is 2.07. The molecule has 11 heavy (non-hydrogen) atoms. The third-order valence-electron chi connectivity index (χ3n) is 1.35. The second-order valence-electron chi connectivity index (χ2n) is 2.18. The number of thiol groups is 1. The van der Waals surface area contributed by atoms with E-state index in [0.29, 0.717) is 12.1 Å². The number of carbonyl (C=O) groups is 1. The highest BCUT2D eigenvalue weighted by molar-refractivity contribution is 7.80. The average molecular weight is 167 g/mol. The topological polar surface area (TPSA) is 30.0 Å². The maximum absolute atomic E-state index is 11.0. The molecule has 2 nitrogen and oxygen atoms in total. The summed E-state index contributed by atoms with van der Waals surface area (Å²) < 4.78 is 0. The van der Waals surface area contributed by atoms with Crippen LogP contribution in [0.25, 0.3) is 0 Å². The van der Waals surface area contributed by atoms with Crippen molar-refractivity contribution in [3.63, 3.8) is 0 Å². The molecule has 0 N–H and O–H groups in total. The molecule has 0 aromatic carbocycles. The normalized spacial score (nSPS) is 9.64. The summed E-state index contributed by atoms with van der Waals surface area (Å²) in [6, 6.07) is 3.45. The maximum atomic E-state index is 11.0. The van der Waals surface area contributed by atoms with E-state index in [-0.39, 0.29) is 5.78 Å². The van der Waals surface area contributed by atoms with Crippen molar-refractivity contribution in [1.82, 2.24) is 4.98 Å². The smallest absolute Gasteiger partial charge is 0.180 e. The molecular formula is C8H9NOS. The van der Waals surface area contributed by atoms with Crippen molar-refractivity contribution in [2.75, 3.05) is 0 Å². The zero-order chi connectivity index (χ0) is 8.27. The van der Waals surface area contributed by atoms with Crippen molar-refractivity contribution in [3.05, 3.63) is 24.0 Å². The van der Waals surface area contributed by atoms with E-state index in [0.717, 1.165) is 4.90 Å². The molecule has 0 fully saturated rings. The van der Waals surface area contributed by atoms with Crippen molar-refractivity contribution in [3.8, 4) is 0 Å². The molecule has 0 aliphatic heterocycles. The quantitative estimate of drug-likeness (QED) is 0.539. The van der Waals surface area contributed by atoms with Gasteiger partial charge >= 0.3 is 0 Å². The van der Waals surface area contributed by atoms with E-state index in [1.807, 2.05) is 6.92 Å². The number of pyridine rings is 1. The van der Waals surface area contributed by atoms with Gasteiger partial charge in [0.15, 0.2) is 5.78 Å². The Kier molecular flexibility index (Phi) is 2.65. The lowest BCUT2D eigenvalue weighted by molar-refractivity contribution is 0.0983. The number of hydrogen-bond donors (Lipinski definition) is 1. The molecule has 0 unspecified atom stereocenters. The fourth-order valence-electron chi connectivity index (χ4n) is 0.732. The molecule has 1 heterocycles. The monoisotopic (exact) mass is 167 g/mol. The first-order chi connectivity index (χ1) is 5.24. The Labute approximate surface area is 71.1 Å². The molecule has 0 aliphatic carbocycles. The van der Waals surface area contributed by atoms with E-state index in [1.54, 1.807) is 18.3 Å². The number of aromatic nitrogens is 1. The van der Waals surface area contributed by atoms with Crippen LogP contribution in [0.2, 0.25) is 0 Å². The zero-order valence-corrected chi connectivity index (χ0v) is 7.14. The second-order valence-corrected chi connectivity index (χ2v) is 2.69. The van der Waals surface area contributed by atoms with Gasteiger partial charge in [-0.1, -0.05) is 6.92 Å². The van der Waals surface area contributed by atoms with E-state index in [2.05, 4.69) is 17.6 Å². The first-order valence-electron chi connectivity index (χ1n) is 3.42. The van der Waals surface area contributed by atoms with Crippen LogP contribution in [0.3, 0.4) is 0 Å². The Morgan fingerprint density at radius 2 is 2.36 bits per heavy atom. The van der Waals surface area contributed by atoms with Crippen LogP contribution >= 0.6 is 12.6 Å². The molecule has 1 rings (SSSR count). The lowest BCUT2D eigenvalue weighted by Gasteiger charge is -1.95. The standard InChI is InChI=1S/C8H9NOS/c1-2-8(10)7-4-3-6(11)5-9-7/h3-5,11H,2H2,1H3. The van der Waals surface area contributed by atoms with Crippen molar-refractivity contribution in [2.24, 2.45) is 0 Å². The van der Waals surface area contributed by atoms with Gasteiger partial charge in [-0.2, -0.15) is 0 Å². The fourth-order valence-corrected chi connectivity index (χ4v) is 0.864. The van der Waals surface area contributed by atoms with Gasteiger partial charge in [-0.05, 0) is 12.1 Å². The van der Waals surface area contributed by atoms with Crippen molar-refractivity contribution >= 4 is 18.4 Å². The van der Waals surface area contributed by atoms with E-state index in [9.17, 15) is 4.79 Å². The Morgan fingerprint density at radius 1 is 1.64 bits per heavy atom. The van der Waals surface area contributed by atoms with Crippen molar-refractivity contribution in [2.45, 2.75) is 18.2 Å². The van der Waals surface area contributed by atoms with Gasteiger partial charge in [0.05, 0.1) is 0 Å². The summed E-state index contributed by atoms with van der Waals surface area (Å²) in [5.41, 5.74) is 0.519. The molecule has 0 amide bonds. The van der Waals surface area contributed by atoms with Gasteiger partial charge in [0.2, 0.25) is 0 Å². The summed E-state index contributed by atoms with van der Waals surface area (Å²) in [4.78, 5) is 15.7. The van der Waals surface area contributed by atoms with Crippen LogP contribution in [-0.2, 0) is 0 Å². The summed E-state index contributed by atoms with van der Waals surface area (Å²) in [5, 5.41) is 0. The van der Waals surface area contributed by atoms with E-state index in [4.69, 9.17) is 0 Å². The van der Waals surface area contributed by atoms with Gasteiger partial charge in [0.25, 0.3) is 0 Å². The summed E-state index contributed by atoms with van der Waals surface area (Å²) >= 11 is 4.06. The Bertz CT molecular complexity index is 255. The molecule has 1 aromatic rings. The summed E-state index contributed by atoms with van der Waals surface area (Å²) in [7, 11) is 0. The predicted octanol–water partition coefficient (Wildman–Crippen LogP) is 1.96. The Balaban J connectivity index is 2.90. The van der Waals surface area contributed by atoms with Crippen molar-refractivity contribution < 1.29 is 4.79 Å². The molecule has 0 atom stereocenters. The van der Waals surface area contributed by atoms with Crippen LogP contribution in [-0.4, -0.2) is 10.8 Å². The van der Waals surface area contributed by atoms with Crippen molar-refractivity contribution in [1.29, 1.82) is 0 Å². The highest BCUT2D eigenvalue weighted by Gasteiger charge is 2.02. The van der Waals surface area contributed by atoms with Gasteiger partial charge in [-0.3, -0.25) is 9.78 Å². The number of Topliss-reactive ketones (excluding diaryl/α,β-unsaturated/α-hetero) is 1. The molecule has 0 saturated carbocycles. The largest absolute Gasteiger partial charge is 0.292 e. The third-order valence-corrected chi connectivity index (χ3v) is 1.62. The number of hydrogen-bond acceptors (Lipinski definition) is 3. The van der Waals surface area contributed by atoms with Gasteiger partial charge in [0, 0.05) is 17.5 Å². The minimum atomic E-state index is 0.0679. The molecule has 0 saturated heterocycles. The Morgan fingerprint density at radius 3 is 2.82 bits per heavy atom. The molecule has 3 heteroatoms. The molecule has 0 spiro atoms. The third kappa shape index (κ3) is 2.05. The lowest BCUT2D eigenvalue weighted by Crippen LogP contribution is -1.98. The molecule has 0 aliphatic rings. The van der Waals surface area contributed by atoms with E-state index >= 15 is 0 Å². The first kappa shape index (κ1) is 8.27. The van der Waals surface area contributed by atoms with E-state index < -0.39 is 0 Å². The summed E-state index contributed by atoms with van der Waals surface area (Å²) in [6.45, 7) is 1.82. The fraction of sp³-hybridized carbons (Fsp3) is 0.250. The SMILES string of the molecule is CCC(=O)c1ccc(S)cn1. The molecule has 0 radical (unpaired) electrons. The maximum Gasteiger partial charge on any atom is 0.180 e. The van der Waals surface area contributed by atoms with Crippen LogP contribution in [0.15, 0.2) is 23.2 Å². The average Bonchev–Trinajstić information content (AvgIpc) is 2.05. The van der Waals surface area contributed by atoms with Crippen LogP contribution in [0, 0.1) is 0 Å². The molecular weight excluding hydrogens is 158 g/mol. The summed E-state index contributed by atoms with van der Waals surface area (Å²) in [5.74, 6) is 0.0679. The number of nitrogens with zero attached hydrogens (tertiary/aromatic N) is 1. The highest BCUT2D eigenvalue weighted by atomic mass is 32.1. The highest BCUT2D eigenvalue weighted by Crippen LogP contribution is 2.05. The minimum Gasteiger partial charge on any atom is -0.292 e. The minimum absolute atomic E-state index is 0.0679. The van der Waals surface area contributed by atoms with Crippen LogP contribution < -0.4 is 0 Å². The number of carbonyl (C=O) groups excluding carboxylic acids is 1. The van der Waals surface area contributed by atoms with Gasteiger partial charge in [-0.25, -0.2) is 0 Å². The molecule has 58 valence electrons. The van der Waals surface area contributed by atoms with Gasteiger partial charge in [-0.15, -0.1) is 12.6 Å². The lowest BCUT2D eigenvalue weighted by atomic mass is 10.2. The van der Waals surface area contributed by atoms with Crippen LogP contribution in [0.1, 0.15) is 23.8 Å². The predicted molar refractivity (Wildman–Crippen MR) is 46.1 cm³/mol. The number of ketones is 1. The molecule has 1 aromatic heterocycles. The van der Waals surface area contributed by atoms with Crippen LogP contribution in [0.4, 0.5) is 0 Å². The second kappa shape index (κ2) is 3.53. The zero-order valence-electron chi connectivity index (χ0n) is 6.24. The van der Waals surface area contributed by atoms with Gasteiger partial charge in [0.1, 0.15) is 5.69 Å². The van der Waals surface area contributed by atoms with Crippen LogP contribution in [0.5, 0.6) is 0 Å².